The molecule has 1 unspecified atom stereocenters. The molecular formula is C17H27N3O2. The first kappa shape index (κ1) is 16.8. The first-order chi connectivity index (χ1) is 10.6. The molecule has 5 heteroatoms. The minimum Gasteiger partial charge on any atom is -0.481 e. The number of rotatable bonds is 7. The summed E-state index contributed by atoms with van der Waals surface area (Å²) in [5.74, 6) is 0.671. The summed E-state index contributed by atoms with van der Waals surface area (Å²) < 4.78 is 5.61. The van der Waals surface area contributed by atoms with Crippen LogP contribution in [-0.4, -0.2) is 68.1 Å². The summed E-state index contributed by atoms with van der Waals surface area (Å²) in [7, 11) is 2.16. The Morgan fingerprint density at radius 3 is 2.59 bits per heavy atom. The number of carbonyl (C=O) groups is 1. The number of carbonyl (C=O) groups excluding carboxylic acids is 1. The molecule has 1 fully saturated rings. The van der Waals surface area contributed by atoms with Crippen LogP contribution in [0.2, 0.25) is 0 Å². The molecule has 122 valence electrons. The summed E-state index contributed by atoms with van der Waals surface area (Å²) in [6, 6.07) is 9.44. The maximum atomic E-state index is 12.0. The Morgan fingerprint density at radius 1 is 1.23 bits per heavy atom. The van der Waals surface area contributed by atoms with Crippen LogP contribution in [0.5, 0.6) is 5.75 Å². The fourth-order valence-electron chi connectivity index (χ4n) is 2.49. The van der Waals surface area contributed by atoms with E-state index in [1.165, 1.54) is 0 Å². The normalized spacial score (nSPS) is 17.9. The third kappa shape index (κ3) is 5.66. The predicted molar refractivity (Wildman–Crippen MR) is 88.1 cm³/mol. The average molecular weight is 305 g/mol. The Morgan fingerprint density at radius 2 is 1.91 bits per heavy atom. The number of likely N-dealkylation sites (N-methyl/N-ethyl adjacent to an activating group) is 1. The van der Waals surface area contributed by atoms with Gasteiger partial charge in [0.15, 0.2) is 6.10 Å². The Balaban J connectivity index is 1.59. The molecule has 0 spiro atoms. The number of benzene rings is 1. The monoisotopic (exact) mass is 305 g/mol. The molecule has 22 heavy (non-hydrogen) atoms. The van der Waals surface area contributed by atoms with E-state index in [1.54, 1.807) is 6.92 Å². The van der Waals surface area contributed by atoms with E-state index < -0.39 is 6.10 Å². The minimum atomic E-state index is -0.467. The minimum absolute atomic E-state index is 0.0535. The number of amides is 1. The van der Waals surface area contributed by atoms with Crippen LogP contribution >= 0.6 is 0 Å². The van der Waals surface area contributed by atoms with Gasteiger partial charge in [-0.05, 0) is 39.1 Å². The summed E-state index contributed by atoms with van der Waals surface area (Å²) in [6.07, 6.45) is 0.513. The maximum Gasteiger partial charge on any atom is 0.260 e. The molecule has 0 aromatic heterocycles. The van der Waals surface area contributed by atoms with Crippen LogP contribution in [-0.2, 0) is 4.79 Å². The van der Waals surface area contributed by atoms with Crippen LogP contribution < -0.4 is 10.1 Å². The molecule has 5 nitrogen and oxygen atoms in total. The van der Waals surface area contributed by atoms with Crippen molar-refractivity contribution in [1.82, 2.24) is 15.1 Å². The van der Waals surface area contributed by atoms with Gasteiger partial charge < -0.3 is 19.9 Å². The molecule has 1 heterocycles. The molecular weight excluding hydrogens is 278 g/mol. The highest BCUT2D eigenvalue weighted by Crippen LogP contribution is 2.10. The van der Waals surface area contributed by atoms with E-state index in [0.29, 0.717) is 6.54 Å². The molecule has 1 aliphatic rings. The highest BCUT2D eigenvalue weighted by atomic mass is 16.5. The number of hydrogen-bond acceptors (Lipinski definition) is 4. The Kier molecular flexibility index (Phi) is 6.68. The third-order valence-corrected chi connectivity index (χ3v) is 3.97. The Bertz CT molecular complexity index is 444. The van der Waals surface area contributed by atoms with Gasteiger partial charge >= 0.3 is 0 Å². The molecule has 1 atom stereocenters. The number of para-hydroxylation sites is 1. The van der Waals surface area contributed by atoms with Crippen molar-refractivity contribution in [3.05, 3.63) is 30.3 Å². The predicted octanol–water partition coefficient (Wildman–Crippen LogP) is 1.21. The van der Waals surface area contributed by atoms with Crippen molar-refractivity contribution in [2.75, 3.05) is 46.3 Å². The molecule has 1 aromatic rings. The Hall–Kier alpha value is -1.59. The molecule has 2 rings (SSSR count). The number of piperazine rings is 1. The van der Waals surface area contributed by atoms with Crippen molar-refractivity contribution < 1.29 is 9.53 Å². The first-order valence-corrected chi connectivity index (χ1v) is 8.05. The zero-order valence-electron chi connectivity index (χ0n) is 13.6. The number of hydrogen-bond donors (Lipinski definition) is 1. The van der Waals surface area contributed by atoms with Gasteiger partial charge in [0.25, 0.3) is 5.91 Å². The van der Waals surface area contributed by atoms with E-state index >= 15 is 0 Å². The number of nitrogens with zero attached hydrogens (tertiary/aromatic N) is 2. The van der Waals surface area contributed by atoms with Crippen LogP contribution in [0.3, 0.4) is 0 Å². The van der Waals surface area contributed by atoms with Gasteiger partial charge in [-0.3, -0.25) is 4.79 Å². The van der Waals surface area contributed by atoms with Crippen molar-refractivity contribution in [1.29, 1.82) is 0 Å². The van der Waals surface area contributed by atoms with Gasteiger partial charge in [0.1, 0.15) is 5.75 Å². The summed E-state index contributed by atoms with van der Waals surface area (Å²) in [5, 5.41) is 2.95. The van der Waals surface area contributed by atoms with Crippen molar-refractivity contribution >= 4 is 5.91 Å². The smallest absolute Gasteiger partial charge is 0.260 e. The molecule has 0 saturated carbocycles. The van der Waals surface area contributed by atoms with Crippen molar-refractivity contribution in [3.63, 3.8) is 0 Å². The lowest BCUT2D eigenvalue weighted by molar-refractivity contribution is -0.127. The van der Waals surface area contributed by atoms with Crippen molar-refractivity contribution in [2.45, 2.75) is 19.4 Å². The van der Waals surface area contributed by atoms with Crippen molar-refractivity contribution in [2.24, 2.45) is 0 Å². The second-order valence-corrected chi connectivity index (χ2v) is 5.86. The lowest BCUT2D eigenvalue weighted by atomic mass is 10.3. The summed E-state index contributed by atoms with van der Waals surface area (Å²) in [6.45, 7) is 8.04. The second-order valence-electron chi connectivity index (χ2n) is 5.86. The lowest BCUT2D eigenvalue weighted by Crippen LogP contribution is -2.45. The average Bonchev–Trinajstić information content (AvgIpc) is 2.54. The molecule has 1 aliphatic heterocycles. The summed E-state index contributed by atoms with van der Waals surface area (Å²) >= 11 is 0. The van der Waals surface area contributed by atoms with Crippen LogP contribution in [0.1, 0.15) is 13.3 Å². The van der Waals surface area contributed by atoms with E-state index in [9.17, 15) is 4.79 Å². The van der Waals surface area contributed by atoms with Crippen LogP contribution in [0.25, 0.3) is 0 Å². The second kappa shape index (κ2) is 8.76. The molecule has 0 radical (unpaired) electrons. The topological polar surface area (TPSA) is 44.8 Å². The van der Waals surface area contributed by atoms with Gasteiger partial charge in [0.05, 0.1) is 0 Å². The highest BCUT2D eigenvalue weighted by Gasteiger charge is 2.15. The highest BCUT2D eigenvalue weighted by molar-refractivity contribution is 5.80. The van der Waals surface area contributed by atoms with E-state index in [0.717, 1.165) is 44.9 Å². The van der Waals surface area contributed by atoms with Gasteiger partial charge in [-0.2, -0.15) is 0 Å². The van der Waals surface area contributed by atoms with Gasteiger partial charge in [-0.1, -0.05) is 18.2 Å². The van der Waals surface area contributed by atoms with Gasteiger partial charge in [-0.25, -0.2) is 0 Å². The number of ether oxygens (including phenoxy) is 1. The molecule has 0 aliphatic carbocycles. The van der Waals surface area contributed by atoms with Crippen LogP contribution in [0.15, 0.2) is 30.3 Å². The van der Waals surface area contributed by atoms with E-state index in [-0.39, 0.29) is 5.91 Å². The lowest BCUT2D eigenvalue weighted by Gasteiger charge is -2.32. The standard InChI is InChI=1S/C17H27N3O2/c1-15(22-16-7-4-3-5-8-16)17(21)18-9-6-10-20-13-11-19(2)12-14-20/h3-5,7-8,15H,6,9-14H2,1-2H3,(H,18,21). The maximum absolute atomic E-state index is 12.0. The molecule has 1 N–H and O–H groups in total. The summed E-state index contributed by atoms with van der Waals surface area (Å²) in [5.41, 5.74) is 0. The Labute approximate surface area is 133 Å². The summed E-state index contributed by atoms with van der Waals surface area (Å²) in [4.78, 5) is 16.8. The van der Waals surface area contributed by atoms with Crippen LogP contribution in [0.4, 0.5) is 0 Å². The quantitative estimate of drug-likeness (QED) is 0.769. The van der Waals surface area contributed by atoms with E-state index in [2.05, 4.69) is 22.2 Å². The van der Waals surface area contributed by atoms with Gasteiger partial charge in [0.2, 0.25) is 0 Å². The number of nitrogens with one attached hydrogen (secondary N) is 1. The fraction of sp³-hybridized carbons (Fsp3) is 0.588. The molecule has 1 saturated heterocycles. The molecule has 1 aromatic carbocycles. The van der Waals surface area contributed by atoms with Crippen molar-refractivity contribution in [3.8, 4) is 5.75 Å². The van der Waals surface area contributed by atoms with E-state index in [4.69, 9.17) is 4.74 Å². The zero-order chi connectivity index (χ0) is 15.8. The van der Waals surface area contributed by atoms with Gasteiger partial charge in [0, 0.05) is 32.7 Å². The van der Waals surface area contributed by atoms with E-state index in [1.807, 2.05) is 30.3 Å². The largest absolute Gasteiger partial charge is 0.481 e. The van der Waals surface area contributed by atoms with Gasteiger partial charge in [-0.15, -0.1) is 0 Å². The molecule has 0 bridgehead atoms. The first-order valence-electron chi connectivity index (χ1n) is 8.05. The zero-order valence-corrected chi connectivity index (χ0v) is 13.6. The third-order valence-electron chi connectivity index (χ3n) is 3.97. The molecule has 1 amide bonds. The SMILES string of the molecule is CC(Oc1ccccc1)C(=O)NCCCN1CCN(C)CC1. The van der Waals surface area contributed by atoms with Crippen LogP contribution in [0, 0.1) is 0 Å². The fourth-order valence-corrected chi connectivity index (χ4v) is 2.49.